The zero-order valence-corrected chi connectivity index (χ0v) is 18.0. The maximum atomic E-state index is 10.1. The highest BCUT2D eigenvalue weighted by Crippen LogP contribution is 2.36. The van der Waals surface area contributed by atoms with E-state index in [4.69, 9.17) is 9.73 Å². The van der Waals surface area contributed by atoms with Gasteiger partial charge in [0.15, 0.2) is 11.5 Å². The van der Waals surface area contributed by atoms with Gasteiger partial charge in [-0.1, -0.05) is 42.5 Å². The molecule has 162 valence electrons. The van der Waals surface area contributed by atoms with E-state index in [-0.39, 0.29) is 5.56 Å². The lowest BCUT2D eigenvalue weighted by Crippen LogP contribution is -2.12. The maximum absolute atomic E-state index is 10.1. The number of hydrogen-bond donors (Lipinski definition) is 3. The number of methoxy groups -OCH3 is 1. The summed E-state index contributed by atoms with van der Waals surface area (Å²) in [6, 6.07) is 20.2. The molecule has 7 nitrogen and oxygen atoms in total. The van der Waals surface area contributed by atoms with Gasteiger partial charge in [0, 0.05) is 16.5 Å². The van der Waals surface area contributed by atoms with Gasteiger partial charge in [0.05, 0.1) is 25.6 Å². The van der Waals surface area contributed by atoms with Crippen LogP contribution in [0.2, 0.25) is 0 Å². The van der Waals surface area contributed by atoms with Crippen LogP contribution in [-0.4, -0.2) is 33.3 Å². The fourth-order valence-corrected chi connectivity index (χ4v) is 3.94. The normalized spacial score (nSPS) is 11.8. The Morgan fingerprint density at radius 3 is 2.47 bits per heavy atom. The first-order valence-corrected chi connectivity index (χ1v) is 10.6. The van der Waals surface area contributed by atoms with Gasteiger partial charge in [-0.05, 0) is 29.8 Å². The van der Waals surface area contributed by atoms with Crippen molar-refractivity contribution in [1.29, 1.82) is 0 Å². The number of thiazole rings is 1. The van der Waals surface area contributed by atoms with E-state index in [1.165, 1.54) is 29.7 Å². The second-order valence-electron chi connectivity index (χ2n) is 6.83. The van der Waals surface area contributed by atoms with Crippen molar-refractivity contribution < 1.29 is 20.1 Å². The molecule has 0 radical (unpaired) electrons. The molecule has 0 spiro atoms. The van der Waals surface area contributed by atoms with Gasteiger partial charge in [-0.2, -0.15) is 5.10 Å². The number of aromatic nitrogens is 1. The molecule has 3 N–H and O–H groups in total. The van der Waals surface area contributed by atoms with Crippen molar-refractivity contribution in [2.75, 3.05) is 7.11 Å². The average Bonchev–Trinajstić information content (AvgIpc) is 3.24. The standard InChI is InChI=1S/C24H21N3O4S/c1-31-21-10-6-5-9-18(21)19-15-32-24(25-13-16-7-3-2-4-8-16)27(19)26-14-17-11-12-20(28)23(30)22(17)29/h2-12,14-15,28-30H,13H2,1H3. The molecule has 0 aliphatic rings. The minimum absolute atomic E-state index is 0.249. The second-order valence-corrected chi connectivity index (χ2v) is 7.67. The van der Waals surface area contributed by atoms with Crippen molar-refractivity contribution in [2.45, 2.75) is 6.54 Å². The number of benzene rings is 3. The molecule has 0 atom stereocenters. The van der Waals surface area contributed by atoms with Crippen LogP contribution in [0.4, 0.5) is 0 Å². The molecule has 0 bridgehead atoms. The van der Waals surface area contributed by atoms with Crippen LogP contribution in [0.3, 0.4) is 0 Å². The molecule has 8 heteroatoms. The van der Waals surface area contributed by atoms with Crippen molar-refractivity contribution in [1.82, 2.24) is 4.68 Å². The van der Waals surface area contributed by atoms with Gasteiger partial charge in [-0.25, -0.2) is 4.68 Å². The van der Waals surface area contributed by atoms with Crippen molar-refractivity contribution in [3.8, 4) is 34.3 Å². The first-order chi connectivity index (χ1) is 15.6. The van der Waals surface area contributed by atoms with Crippen LogP contribution < -0.4 is 9.54 Å². The van der Waals surface area contributed by atoms with E-state index in [0.29, 0.717) is 17.1 Å². The van der Waals surface area contributed by atoms with E-state index in [2.05, 4.69) is 5.10 Å². The number of phenols is 3. The lowest BCUT2D eigenvalue weighted by atomic mass is 10.1. The highest BCUT2D eigenvalue weighted by Gasteiger charge is 2.13. The van der Waals surface area contributed by atoms with Gasteiger partial charge in [0.2, 0.25) is 10.6 Å². The molecule has 0 amide bonds. The Labute approximate surface area is 188 Å². The molecule has 3 aromatic carbocycles. The number of para-hydroxylation sites is 1. The summed E-state index contributed by atoms with van der Waals surface area (Å²) in [6.07, 6.45) is 1.40. The van der Waals surface area contributed by atoms with E-state index in [0.717, 1.165) is 16.8 Å². The Hall–Kier alpha value is -4.04. The predicted octanol–water partition coefficient (Wildman–Crippen LogP) is 4.33. The Morgan fingerprint density at radius 2 is 1.69 bits per heavy atom. The summed E-state index contributed by atoms with van der Waals surface area (Å²) in [5.41, 5.74) is 2.91. The first kappa shape index (κ1) is 21.2. The van der Waals surface area contributed by atoms with Crippen LogP contribution in [-0.2, 0) is 6.54 Å². The SMILES string of the molecule is COc1ccccc1-c1csc(=NCc2ccccc2)n1N=Cc1ccc(O)c(O)c1O. The highest BCUT2D eigenvalue weighted by molar-refractivity contribution is 7.07. The summed E-state index contributed by atoms with van der Waals surface area (Å²) >= 11 is 1.43. The third-order valence-corrected chi connectivity index (χ3v) is 5.64. The molecular weight excluding hydrogens is 426 g/mol. The molecule has 0 fully saturated rings. The predicted molar refractivity (Wildman–Crippen MR) is 124 cm³/mol. The number of phenolic OH excluding ortho intramolecular Hbond substituents is 3. The smallest absolute Gasteiger partial charge is 0.206 e. The zero-order valence-electron chi connectivity index (χ0n) is 17.2. The number of hydrogen-bond acceptors (Lipinski definition) is 7. The van der Waals surface area contributed by atoms with Gasteiger partial charge >= 0.3 is 0 Å². The molecule has 1 heterocycles. The number of rotatable bonds is 6. The molecular formula is C24H21N3O4S. The molecule has 0 aliphatic heterocycles. The summed E-state index contributed by atoms with van der Waals surface area (Å²) in [4.78, 5) is 5.37. The van der Waals surface area contributed by atoms with Crippen LogP contribution in [0.1, 0.15) is 11.1 Å². The summed E-state index contributed by atoms with van der Waals surface area (Å²) in [7, 11) is 1.61. The molecule has 0 saturated heterocycles. The third kappa shape index (κ3) is 4.35. The Bertz CT molecular complexity index is 1330. The molecule has 32 heavy (non-hydrogen) atoms. The van der Waals surface area contributed by atoms with Crippen LogP contribution in [0, 0.1) is 0 Å². The van der Waals surface area contributed by atoms with E-state index >= 15 is 0 Å². The molecule has 4 aromatic rings. The van der Waals surface area contributed by atoms with Crippen LogP contribution in [0.5, 0.6) is 23.0 Å². The Morgan fingerprint density at radius 1 is 0.938 bits per heavy atom. The topological polar surface area (TPSA) is 99.6 Å². The minimum atomic E-state index is -0.594. The monoisotopic (exact) mass is 447 g/mol. The molecule has 0 aliphatic carbocycles. The van der Waals surface area contributed by atoms with Crippen molar-refractivity contribution in [2.24, 2.45) is 10.1 Å². The van der Waals surface area contributed by atoms with Crippen LogP contribution in [0.25, 0.3) is 11.3 Å². The summed E-state index contributed by atoms with van der Waals surface area (Å²) in [5, 5.41) is 36.0. The van der Waals surface area contributed by atoms with Crippen molar-refractivity contribution >= 4 is 17.6 Å². The largest absolute Gasteiger partial charge is 0.504 e. The van der Waals surface area contributed by atoms with Gasteiger partial charge < -0.3 is 20.1 Å². The van der Waals surface area contributed by atoms with Gasteiger partial charge in [-0.15, -0.1) is 11.3 Å². The van der Waals surface area contributed by atoms with Crippen LogP contribution >= 0.6 is 11.3 Å². The Balaban J connectivity index is 1.82. The molecule has 1 aromatic heterocycles. The minimum Gasteiger partial charge on any atom is -0.504 e. The van der Waals surface area contributed by atoms with E-state index in [1.54, 1.807) is 11.8 Å². The van der Waals surface area contributed by atoms with Crippen molar-refractivity contribution in [3.05, 3.63) is 88.0 Å². The summed E-state index contributed by atoms with van der Waals surface area (Å²) < 4.78 is 7.17. The summed E-state index contributed by atoms with van der Waals surface area (Å²) in [5.74, 6) is -0.764. The second kappa shape index (κ2) is 9.40. The summed E-state index contributed by atoms with van der Waals surface area (Å²) in [6.45, 7) is 0.480. The zero-order chi connectivity index (χ0) is 22.5. The number of aromatic hydroxyl groups is 3. The third-order valence-electron chi connectivity index (χ3n) is 4.78. The van der Waals surface area contributed by atoms with Crippen molar-refractivity contribution in [3.63, 3.8) is 0 Å². The maximum Gasteiger partial charge on any atom is 0.206 e. The lowest BCUT2D eigenvalue weighted by molar-refractivity contribution is 0.367. The first-order valence-electron chi connectivity index (χ1n) is 9.75. The Kier molecular flexibility index (Phi) is 6.23. The van der Waals surface area contributed by atoms with Crippen LogP contribution in [0.15, 0.2) is 82.2 Å². The molecule has 4 rings (SSSR count). The quantitative estimate of drug-likeness (QED) is 0.303. The van der Waals surface area contributed by atoms with Gasteiger partial charge in [-0.3, -0.25) is 4.99 Å². The lowest BCUT2D eigenvalue weighted by Gasteiger charge is -2.09. The van der Waals surface area contributed by atoms with E-state index in [1.807, 2.05) is 60.0 Å². The molecule has 0 unspecified atom stereocenters. The van der Waals surface area contributed by atoms with Gasteiger partial charge in [0.25, 0.3) is 0 Å². The fourth-order valence-electron chi connectivity index (χ4n) is 3.11. The fraction of sp³-hybridized carbons (Fsp3) is 0.0833. The van der Waals surface area contributed by atoms with E-state index in [9.17, 15) is 15.3 Å². The average molecular weight is 448 g/mol. The van der Waals surface area contributed by atoms with Gasteiger partial charge in [0.1, 0.15) is 5.75 Å². The number of nitrogens with zero attached hydrogens (tertiary/aromatic N) is 3. The van der Waals surface area contributed by atoms with E-state index < -0.39 is 17.2 Å². The highest BCUT2D eigenvalue weighted by atomic mass is 32.1. The number of ether oxygens (including phenoxy) is 1. The molecule has 0 saturated carbocycles.